The molecule has 0 bridgehead atoms. The van der Waals surface area contributed by atoms with Crippen molar-refractivity contribution in [1.29, 1.82) is 0 Å². The van der Waals surface area contributed by atoms with E-state index in [9.17, 15) is 5.11 Å². The summed E-state index contributed by atoms with van der Waals surface area (Å²) in [6, 6.07) is 15.4. The molecule has 0 aliphatic carbocycles. The molecule has 0 fully saturated rings. The Bertz CT molecular complexity index is 1010. The first-order valence-electron chi connectivity index (χ1n) is 8.29. The van der Waals surface area contributed by atoms with Gasteiger partial charge in [-0.2, -0.15) is 5.10 Å². The molecule has 0 aliphatic heterocycles. The average molecular weight is 363 g/mol. The molecule has 2 aromatic carbocycles. The van der Waals surface area contributed by atoms with Crippen LogP contribution in [0.5, 0.6) is 5.75 Å². The summed E-state index contributed by atoms with van der Waals surface area (Å²) in [5.74, 6) is 0.199. The van der Waals surface area contributed by atoms with Gasteiger partial charge >= 0.3 is 0 Å². The number of thiazole rings is 1. The van der Waals surface area contributed by atoms with E-state index >= 15 is 0 Å². The minimum atomic E-state index is 0.199. The van der Waals surface area contributed by atoms with Crippen LogP contribution in [0.25, 0.3) is 11.3 Å². The Morgan fingerprint density at radius 1 is 1.19 bits per heavy atom. The van der Waals surface area contributed by atoms with Gasteiger partial charge < -0.3 is 5.11 Å². The number of rotatable bonds is 5. The quantitative estimate of drug-likeness (QED) is 0.523. The van der Waals surface area contributed by atoms with Gasteiger partial charge in [0.25, 0.3) is 0 Å². The van der Waals surface area contributed by atoms with E-state index in [4.69, 9.17) is 0 Å². The van der Waals surface area contributed by atoms with Gasteiger partial charge in [-0.1, -0.05) is 54.1 Å². The van der Waals surface area contributed by atoms with Crippen LogP contribution in [0.3, 0.4) is 0 Å². The first kappa shape index (κ1) is 17.9. The molecule has 132 valence electrons. The fraction of sp³-hybridized carbons (Fsp3) is 0.143. The van der Waals surface area contributed by atoms with Crippen molar-refractivity contribution in [2.75, 3.05) is 6.54 Å². The molecule has 3 aromatic rings. The predicted octanol–water partition coefficient (Wildman–Crippen LogP) is 4.59. The molecule has 26 heavy (non-hydrogen) atoms. The zero-order valence-corrected chi connectivity index (χ0v) is 15.7. The third kappa shape index (κ3) is 4.18. The molecule has 0 unspecified atom stereocenters. The number of hydrogen-bond acceptors (Lipinski definition) is 4. The van der Waals surface area contributed by atoms with E-state index < -0.39 is 0 Å². The maximum atomic E-state index is 9.97. The maximum Gasteiger partial charge on any atom is 0.206 e. The lowest BCUT2D eigenvalue weighted by Gasteiger charge is -2.04. The maximum absolute atomic E-state index is 9.97. The molecule has 1 aromatic heterocycles. The van der Waals surface area contributed by atoms with E-state index in [0.29, 0.717) is 12.1 Å². The fourth-order valence-electron chi connectivity index (χ4n) is 2.36. The van der Waals surface area contributed by atoms with Crippen molar-refractivity contribution in [2.24, 2.45) is 10.1 Å². The van der Waals surface area contributed by atoms with Crippen LogP contribution in [-0.2, 0) is 0 Å². The van der Waals surface area contributed by atoms with Crippen molar-refractivity contribution in [3.63, 3.8) is 0 Å². The van der Waals surface area contributed by atoms with E-state index in [1.165, 1.54) is 16.9 Å². The molecule has 4 nitrogen and oxygen atoms in total. The highest BCUT2D eigenvalue weighted by molar-refractivity contribution is 7.07. The predicted molar refractivity (Wildman–Crippen MR) is 109 cm³/mol. The minimum absolute atomic E-state index is 0.199. The summed E-state index contributed by atoms with van der Waals surface area (Å²) < 4.78 is 1.81. The van der Waals surface area contributed by atoms with Gasteiger partial charge in [0, 0.05) is 16.5 Å². The summed E-state index contributed by atoms with van der Waals surface area (Å²) in [7, 11) is 0. The van der Waals surface area contributed by atoms with Crippen molar-refractivity contribution in [2.45, 2.75) is 13.8 Å². The zero-order valence-electron chi connectivity index (χ0n) is 14.9. The van der Waals surface area contributed by atoms with Crippen LogP contribution in [0, 0.1) is 6.92 Å². The number of hydrogen-bond donors (Lipinski definition) is 1. The Hall–Kier alpha value is -2.92. The van der Waals surface area contributed by atoms with Gasteiger partial charge in [-0.25, -0.2) is 4.68 Å². The molecular weight excluding hydrogens is 342 g/mol. The average Bonchev–Trinajstić information content (AvgIpc) is 3.03. The highest BCUT2D eigenvalue weighted by Gasteiger charge is 2.07. The van der Waals surface area contributed by atoms with E-state index in [1.807, 2.05) is 29.1 Å². The molecule has 1 heterocycles. The third-order valence-electron chi connectivity index (χ3n) is 3.77. The second kappa shape index (κ2) is 7.97. The van der Waals surface area contributed by atoms with Crippen LogP contribution in [0.15, 0.2) is 76.2 Å². The monoisotopic (exact) mass is 363 g/mol. The number of aromatic hydroxyl groups is 1. The molecular formula is C21H21N3OS. The summed E-state index contributed by atoms with van der Waals surface area (Å²) in [5, 5.41) is 16.6. The lowest BCUT2D eigenvalue weighted by Crippen LogP contribution is -2.13. The summed E-state index contributed by atoms with van der Waals surface area (Å²) in [4.78, 5) is 5.40. The lowest BCUT2D eigenvalue weighted by atomic mass is 10.1. The summed E-state index contributed by atoms with van der Waals surface area (Å²) >= 11 is 1.54. The van der Waals surface area contributed by atoms with Gasteiger partial charge in [0.2, 0.25) is 4.80 Å². The highest BCUT2D eigenvalue weighted by atomic mass is 32.1. The fourth-order valence-corrected chi connectivity index (χ4v) is 3.20. The van der Waals surface area contributed by atoms with Crippen molar-refractivity contribution >= 4 is 17.6 Å². The normalized spacial score (nSPS) is 12.0. The third-order valence-corrected chi connectivity index (χ3v) is 4.62. The van der Waals surface area contributed by atoms with E-state index in [1.54, 1.807) is 18.3 Å². The number of nitrogens with zero attached hydrogens (tertiary/aromatic N) is 3. The number of aryl methyl sites for hydroxylation is 1. The van der Waals surface area contributed by atoms with Crippen LogP contribution < -0.4 is 4.80 Å². The Labute approximate surface area is 157 Å². The molecule has 1 N–H and O–H groups in total. The minimum Gasteiger partial charge on any atom is -0.507 e. The topological polar surface area (TPSA) is 49.9 Å². The number of phenols is 1. The van der Waals surface area contributed by atoms with Crippen LogP contribution in [0.4, 0.5) is 0 Å². The Kier molecular flexibility index (Phi) is 5.49. The standard InChI is InChI=1S/C21H21N3OS/c1-15(2)12-22-21-24(23-13-18-6-4-5-7-20(18)25)19(14-26-21)17-10-8-16(3)9-11-17/h4-11,13-14,25H,1,12H2,2-3H3. The van der Waals surface area contributed by atoms with E-state index in [-0.39, 0.29) is 5.75 Å². The van der Waals surface area contributed by atoms with Crippen molar-refractivity contribution in [3.05, 3.63) is 82.0 Å². The number of aromatic nitrogens is 1. The molecule has 0 aliphatic rings. The van der Waals surface area contributed by atoms with Crippen LogP contribution in [0.1, 0.15) is 18.1 Å². The van der Waals surface area contributed by atoms with Gasteiger partial charge in [0.05, 0.1) is 18.5 Å². The van der Waals surface area contributed by atoms with Crippen LogP contribution in [0.2, 0.25) is 0 Å². The first-order valence-corrected chi connectivity index (χ1v) is 9.17. The van der Waals surface area contributed by atoms with Gasteiger partial charge in [0.1, 0.15) is 5.75 Å². The van der Waals surface area contributed by atoms with Gasteiger partial charge in [-0.3, -0.25) is 4.99 Å². The number of benzene rings is 2. The van der Waals surface area contributed by atoms with Crippen molar-refractivity contribution in [1.82, 2.24) is 4.68 Å². The van der Waals surface area contributed by atoms with E-state index in [0.717, 1.165) is 21.6 Å². The lowest BCUT2D eigenvalue weighted by molar-refractivity contribution is 0.474. The van der Waals surface area contributed by atoms with Gasteiger partial charge in [-0.05, 0) is 26.0 Å². The molecule has 0 amide bonds. The second-order valence-electron chi connectivity index (χ2n) is 6.16. The Morgan fingerprint density at radius 3 is 2.62 bits per heavy atom. The molecule has 0 saturated heterocycles. The molecule has 0 radical (unpaired) electrons. The first-order chi connectivity index (χ1) is 12.5. The van der Waals surface area contributed by atoms with Crippen LogP contribution in [-0.4, -0.2) is 22.5 Å². The zero-order chi connectivity index (χ0) is 18.5. The molecule has 5 heteroatoms. The van der Waals surface area contributed by atoms with Gasteiger partial charge in [-0.15, -0.1) is 11.3 Å². The smallest absolute Gasteiger partial charge is 0.206 e. The second-order valence-corrected chi connectivity index (χ2v) is 6.99. The highest BCUT2D eigenvalue weighted by Crippen LogP contribution is 2.21. The summed E-state index contributed by atoms with van der Waals surface area (Å²) in [5.41, 5.74) is 4.89. The molecule has 0 spiro atoms. The largest absolute Gasteiger partial charge is 0.507 e. The summed E-state index contributed by atoms with van der Waals surface area (Å²) in [6.07, 6.45) is 1.65. The SMILES string of the molecule is C=C(C)CN=c1scc(-c2ccc(C)cc2)n1N=Cc1ccccc1O. The van der Waals surface area contributed by atoms with Crippen LogP contribution >= 0.6 is 11.3 Å². The summed E-state index contributed by atoms with van der Waals surface area (Å²) in [6.45, 7) is 8.48. The van der Waals surface area contributed by atoms with Crippen molar-refractivity contribution < 1.29 is 5.11 Å². The Morgan fingerprint density at radius 2 is 1.92 bits per heavy atom. The molecule has 0 saturated carbocycles. The Balaban J connectivity index is 2.09. The number of phenolic OH excluding ortho intramolecular Hbond substituents is 1. The van der Waals surface area contributed by atoms with Gasteiger partial charge in [0.15, 0.2) is 0 Å². The van der Waals surface area contributed by atoms with E-state index in [2.05, 4.69) is 47.9 Å². The van der Waals surface area contributed by atoms with Crippen molar-refractivity contribution in [3.8, 4) is 17.0 Å². The molecule has 3 rings (SSSR count). The number of para-hydroxylation sites is 1. The molecule has 0 atom stereocenters.